The lowest BCUT2D eigenvalue weighted by atomic mass is 9.92. The van der Waals surface area contributed by atoms with Crippen molar-refractivity contribution in [1.82, 2.24) is 0 Å². The first-order valence-electron chi connectivity index (χ1n) is 21.0. The number of carbonyl (C=O) groups is 6. The molecule has 6 saturated heterocycles. The van der Waals surface area contributed by atoms with Crippen molar-refractivity contribution in [3.05, 3.63) is 0 Å². The smallest absolute Gasteiger partial charge is 0.364 e. The fourth-order valence-corrected chi connectivity index (χ4v) is 8.43. The van der Waals surface area contributed by atoms with Gasteiger partial charge in [-0.25, -0.2) is 28.8 Å². The number of aliphatic hydroxyl groups is 13. The molecule has 36 nitrogen and oxygen atoms in total. The fourth-order valence-electron chi connectivity index (χ4n) is 8.43. The first-order chi connectivity index (χ1) is 33.6. The summed E-state index contributed by atoms with van der Waals surface area (Å²) in [6, 6.07) is 0. The molecule has 6 rings (SSSR count). The topological polar surface area (TPSA) is 588 Å². The van der Waals surface area contributed by atoms with E-state index in [1.165, 1.54) is 0 Å². The maximum absolute atomic E-state index is 13.2. The molecule has 0 aromatic rings. The molecular formula is C36H50O36. The molecule has 410 valence electrons. The van der Waals surface area contributed by atoms with E-state index in [0.29, 0.717) is 0 Å². The van der Waals surface area contributed by atoms with E-state index in [2.05, 4.69) is 0 Å². The number of carboxylic acids is 6. The Hall–Kier alpha value is -4.14. The van der Waals surface area contributed by atoms with E-state index in [4.69, 9.17) is 52.1 Å². The molecule has 2 unspecified atom stereocenters. The average Bonchev–Trinajstić information content (AvgIpc) is 3.58. The van der Waals surface area contributed by atoms with Crippen LogP contribution in [0.2, 0.25) is 0 Å². The van der Waals surface area contributed by atoms with Crippen LogP contribution in [0, 0.1) is 0 Å². The second kappa shape index (κ2) is 22.4. The van der Waals surface area contributed by atoms with Crippen LogP contribution in [0.3, 0.4) is 0 Å². The van der Waals surface area contributed by atoms with E-state index in [9.17, 15) is 126 Å². The maximum atomic E-state index is 13.2. The van der Waals surface area contributed by atoms with Crippen molar-refractivity contribution in [2.45, 2.75) is 178 Å². The highest BCUT2D eigenvalue weighted by molar-refractivity contribution is 5.79. The van der Waals surface area contributed by atoms with Gasteiger partial charge in [-0.2, -0.15) is 0 Å². The van der Waals surface area contributed by atoms with Crippen molar-refractivity contribution in [3.63, 3.8) is 0 Å². The van der Waals surface area contributed by atoms with Crippen LogP contribution in [-0.2, 0) is 80.9 Å². The maximum Gasteiger partial charge on any atom is 0.364 e. The van der Waals surface area contributed by atoms with Crippen molar-refractivity contribution in [1.29, 1.82) is 0 Å². The quantitative estimate of drug-likeness (QED) is 0.0643. The van der Waals surface area contributed by atoms with Gasteiger partial charge in [-0.05, 0) is 0 Å². The van der Waals surface area contributed by atoms with Crippen molar-refractivity contribution < 1.29 is 178 Å². The Balaban J connectivity index is 1.37. The van der Waals surface area contributed by atoms with Gasteiger partial charge < -0.3 is 149 Å². The summed E-state index contributed by atoms with van der Waals surface area (Å²) >= 11 is 0. The molecule has 6 heterocycles. The van der Waals surface area contributed by atoms with Gasteiger partial charge in [0, 0.05) is 6.42 Å². The lowest BCUT2D eigenvalue weighted by Crippen LogP contribution is -2.71. The molecular weight excluding hydrogens is 1010 g/mol. The molecule has 0 radical (unpaired) electrons. The summed E-state index contributed by atoms with van der Waals surface area (Å²) in [5.41, 5.74) is 0. The first kappa shape index (κ1) is 57.1. The summed E-state index contributed by atoms with van der Waals surface area (Å²) in [6.45, 7) is -0.927. The number of rotatable bonds is 17. The minimum absolute atomic E-state index is 0.927. The molecule has 0 amide bonds. The molecule has 6 aliphatic heterocycles. The third-order valence-corrected chi connectivity index (χ3v) is 12.2. The molecule has 36 heteroatoms. The lowest BCUT2D eigenvalue weighted by Gasteiger charge is -2.50. The summed E-state index contributed by atoms with van der Waals surface area (Å²) in [7, 11) is 0. The zero-order valence-electron chi connectivity index (χ0n) is 35.9. The van der Waals surface area contributed by atoms with E-state index in [-0.39, 0.29) is 0 Å². The summed E-state index contributed by atoms with van der Waals surface area (Å²) in [6.07, 6.45) is -68.5. The van der Waals surface area contributed by atoms with E-state index in [0.717, 1.165) is 0 Å². The number of carboxylic acid groups (broad SMARTS) is 6. The van der Waals surface area contributed by atoms with Crippen LogP contribution in [-0.4, -0.2) is 311 Å². The predicted molar refractivity (Wildman–Crippen MR) is 201 cm³/mol. The van der Waals surface area contributed by atoms with Gasteiger partial charge in [-0.15, -0.1) is 0 Å². The number of aliphatic hydroxyl groups excluding tert-OH is 13. The summed E-state index contributed by atoms with van der Waals surface area (Å²) < 4.78 is 57.8. The number of hydrogen-bond donors (Lipinski definition) is 19. The number of aliphatic carboxylic acids is 6. The lowest BCUT2D eigenvalue weighted by molar-refractivity contribution is -0.401. The summed E-state index contributed by atoms with van der Waals surface area (Å²) in [4.78, 5) is 75.2. The minimum atomic E-state index is -3.71. The van der Waals surface area contributed by atoms with Gasteiger partial charge in [-0.3, -0.25) is 0 Å². The monoisotopic (exact) mass is 1060 g/mol. The Morgan fingerprint density at radius 3 is 1.29 bits per heavy atom. The molecule has 28 atom stereocenters. The number of ether oxygens (including phenoxy) is 11. The summed E-state index contributed by atoms with van der Waals surface area (Å²) in [5.74, 6) is -16.7. The molecule has 0 bridgehead atoms. The highest BCUT2D eigenvalue weighted by Crippen LogP contribution is 2.41. The average molecular weight is 1060 g/mol. The molecule has 0 aromatic carbocycles. The molecule has 0 aromatic heterocycles. The van der Waals surface area contributed by atoms with Crippen molar-refractivity contribution in [3.8, 4) is 0 Å². The fraction of sp³-hybridized carbons (Fsp3) is 0.833. The highest BCUT2D eigenvalue weighted by Gasteiger charge is 2.64. The molecule has 72 heavy (non-hydrogen) atoms. The van der Waals surface area contributed by atoms with Crippen LogP contribution >= 0.6 is 0 Å². The van der Waals surface area contributed by atoms with Crippen LogP contribution in [0.4, 0.5) is 0 Å². The molecule has 0 aliphatic carbocycles. The second-order valence-electron chi connectivity index (χ2n) is 16.9. The van der Waals surface area contributed by atoms with Gasteiger partial charge in [0.25, 0.3) is 5.79 Å². The summed E-state index contributed by atoms with van der Waals surface area (Å²) in [5, 5.41) is 198. The highest BCUT2D eigenvalue weighted by atomic mass is 16.8. The third kappa shape index (κ3) is 11.0. The van der Waals surface area contributed by atoms with Crippen LogP contribution in [0.15, 0.2) is 0 Å². The van der Waals surface area contributed by atoms with Crippen LogP contribution in [0.1, 0.15) is 6.42 Å². The largest absolute Gasteiger partial charge is 0.479 e. The van der Waals surface area contributed by atoms with Gasteiger partial charge >= 0.3 is 35.8 Å². The first-order valence-corrected chi connectivity index (χ1v) is 21.0. The van der Waals surface area contributed by atoms with Gasteiger partial charge in [0.1, 0.15) is 97.7 Å². The number of hydrogen-bond acceptors (Lipinski definition) is 30. The standard InChI is InChI=1S/C36H50O36/c37-2-4-5(39)11(45)31(62-4)64-15-3(38)1-36(35(60)61,72-24(15)29(57)58)71-18-14(48)34(66-16-8(42)10(44)30(59)63-21(16)26(51)52)70-23(28(55)56)20(18)68-33-13(47)9(43)17(22(69-33)27(53)54)65-32-12(46)6(40)7(41)19(67-32)25(49)50/h3-24,30-34,37-48,59H,1-2H2,(H,49,50)(H,51,52)(H,53,54)(H,55,56)(H,57,58)(H,60,61)/t3-,4-,5-,6+,7-,8-,9-,10-,11+,12-,13-,14-,15-,16-,17-,18-,19+,20-,21+,22+,23+,24+,30?,31+,32+,33+,34+,36?/m1/s1. The van der Waals surface area contributed by atoms with Gasteiger partial charge in [0.15, 0.2) is 62.0 Å². The Kier molecular flexibility index (Phi) is 17.8. The van der Waals surface area contributed by atoms with E-state index in [1.807, 2.05) is 0 Å². The second-order valence-corrected chi connectivity index (χ2v) is 16.9. The molecule has 19 N–H and O–H groups in total. The van der Waals surface area contributed by atoms with Crippen LogP contribution in [0.25, 0.3) is 0 Å². The predicted octanol–water partition coefficient (Wildman–Crippen LogP) is -12.5. The van der Waals surface area contributed by atoms with Gasteiger partial charge in [0.05, 0.1) is 12.7 Å². The molecule has 6 fully saturated rings. The Morgan fingerprint density at radius 2 is 0.806 bits per heavy atom. The van der Waals surface area contributed by atoms with Crippen molar-refractivity contribution in [2.75, 3.05) is 6.61 Å². The Labute approximate surface area is 398 Å². The minimum Gasteiger partial charge on any atom is -0.479 e. The van der Waals surface area contributed by atoms with Gasteiger partial charge in [-0.1, -0.05) is 0 Å². The van der Waals surface area contributed by atoms with E-state index in [1.54, 1.807) is 0 Å². The van der Waals surface area contributed by atoms with Gasteiger partial charge in [0.2, 0.25) is 0 Å². The zero-order valence-corrected chi connectivity index (χ0v) is 35.9. The SMILES string of the molecule is O=C(O)[C@H]1O[C@H](O[C@@H]2[C@H](O)[C@@H](O)[C@@H](O[C@@H]3[C@H](OC4(C(=O)O)C[C@@H](O)[C@@H](O[C@@H]5O[C@H](CO)[C@@H](O)[C@@H]5O)[C@@H](C(=O)O)O4)[C@@H](O)[C@@H](O[C@@H]4[C@H](O)[C@@H](O)C(O)O[C@@H]4C(=O)O)O[C@@H]3C(=O)O)O[C@@H]2C(=O)O)[C@H](O)[C@@H](O)[C@H]1O. The Morgan fingerprint density at radius 1 is 0.403 bits per heavy atom. The van der Waals surface area contributed by atoms with E-state index >= 15 is 0 Å². The van der Waals surface area contributed by atoms with Crippen LogP contribution < -0.4 is 0 Å². The third-order valence-electron chi connectivity index (χ3n) is 12.2. The van der Waals surface area contributed by atoms with Crippen molar-refractivity contribution in [2.24, 2.45) is 0 Å². The zero-order chi connectivity index (χ0) is 53.7. The Bertz CT molecular complexity index is 1980. The van der Waals surface area contributed by atoms with Crippen molar-refractivity contribution >= 4 is 35.8 Å². The molecule has 6 aliphatic rings. The normalized spacial score (nSPS) is 48.9. The molecule has 0 saturated carbocycles. The van der Waals surface area contributed by atoms with E-state index < -0.39 is 220 Å². The molecule has 0 spiro atoms. The van der Waals surface area contributed by atoms with Crippen LogP contribution in [0.5, 0.6) is 0 Å².